The number of aromatic nitrogens is 1. The standard InChI is InChI=1S/C25H23N2O3P/c1-20-12-11-19-24(26-20)25(31(28,29)30,21-13-5-2-6-14-21)27(22-15-7-3-8-16-22)23-17-9-4-10-18-23/h2-19H,1H3,(H2,28,29,30). The first kappa shape index (κ1) is 21.0. The average Bonchev–Trinajstić information content (AvgIpc) is 2.78. The van der Waals surface area contributed by atoms with Gasteiger partial charge in [-0.1, -0.05) is 72.8 Å². The average molecular weight is 430 g/mol. The number of hydrogen-bond donors (Lipinski definition) is 2. The third kappa shape index (κ3) is 3.79. The van der Waals surface area contributed by atoms with Crippen molar-refractivity contribution in [2.24, 2.45) is 0 Å². The van der Waals surface area contributed by atoms with Crippen molar-refractivity contribution in [2.45, 2.75) is 12.2 Å². The molecule has 5 nitrogen and oxygen atoms in total. The minimum absolute atomic E-state index is 0.278. The fourth-order valence-electron chi connectivity index (χ4n) is 3.92. The van der Waals surface area contributed by atoms with Gasteiger partial charge in [0.1, 0.15) is 0 Å². The van der Waals surface area contributed by atoms with Gasteiger partial charge in [0.25, 0.3) is 0 Å². The lowest BCUT2D eigenvalue weighted by molar-refractivity contribution is 0.337. The van der Waals surface area contributed by atoms with E-state index in [2.05, 4.69) is 4.98 Å². The van der Waals surface area contributed by atoms with E-state index in [-0.39, 0.29) is 5.69 Å². The Kier molecular flexibility index (Phi) is 5.75. The van der Waals surface area contributed by atoms with Crippen LogP contribution in [0.5, 0.6) is 0 Å². The largest absolute Gasteiger partial charge is 0.362 e. The van der Waals surface area contributed by atoms with Crippen LogP contribution in [-0.2, 0) is 9.85 Å². The summed E-state index contributed by atoms with van der Waals surface area (Å²) in [6.07, 6.45) is 0. The van der Waals surface area contributed by atoms with Gasteiger partial charge in [0, 0.05) is 17.1 Å². The molecule has 0 spiro atoms. The summed E-state index contributed by atoms with van der Waals surface area (Å²) in [6, 6.07) is 32.7. The van der Waals surface area contributed by atoms with Crippen molar-refractivity contribution in [3.8, 4) is 0 Å². The van der Waals surface area contributed by atoms with Gasteiger partial charge in [-0.25, -0.2) is 0 Å². The minimum Gasteiger partial charge on any atom is -0.322 e. The van der Waals surface area contributed by atoms with E-state index in [0.717, 1.165) is 0 Å². The van der Waals surface area contributed by atoms with Crippen LogP contribution in [-0.4, -0.2) is 14.8 Å². The Morgan fingerprint density at radius 1 is 0.710 bits per heavy atom. The zero-order chi connectivity index (χ0) is 21.9. The van der Waals surface area contributed by atoms with Gasteiger partial charge in [-0.3, -0.25) is 9.55 Å². The molecule has 0 bridgehead atoms. The van der Waals surface area contributed by atoms with Crippen molar-refractivity contribution in [1.29, 1.82) is 0 Å². The quantitative estimate of drug-likeness (QED) is 0.389. The molecule has 0 radical (unpaired) electrons. The van der Waals surface area contributed by atoms with Crippen molar-refractivity contribution in [1.82, 2.24) is 4.98 Å². The molecule has 156 valence electrons. The maximum atomic E-state index is 13.6. The molecule has 4 rings (SSSR count). The zero-order valence-electron chi connectivity index (χ0n) is 17.0. The van der Waals surface area contributed by atoms with Crippen LogP contribution in [0, 0.1) is 6.92 Å². The van der Waals surface area contributed by atoms with Crippen molar-refractivity contribution in [3.05, 3.63) is 126 Å². The van der Waals surface area contributed by atoms with Crippen LogP contribution >= 0.6 is 7.60 Å². The fourth-order valence-corrected chi connectivity index (χ4v) is 5.32. The van der Waals surface area contributed by atoms with Crippen LogP contribution in [0.1, 0.15) is 17.0 Å². The Bertz CT molecular complexity index is 1160. The first-order valence-corrected chi connectivity index (χ1v) is 11.5. The topological polar surface area (TPSA) is 73.7 Å². The SMILES string of the molecule is Cc1cccc(C(c2ccccc2)(N(c2ccccc2)c2ccccc2)P(=O)(O)O)n1. The molecule has 0 aliphatic heterocycles. The molecule has 1 unspecified atom stereocenters. The Hall–Kier alpha value is -3.24. The first-order chi connectivity index (χ1) is 14.9. The predicted molar refractivity (Wildman–Crippen MR) is 123 cm³/mol. The van der Waals surface area contributed by atoms with Crippen LogP contribution in [0.25, 0.3) is 0 Å². The molecule has 3 aromatic carbocycles. The Balaban J connectivity index is 2.18. The van der Waals surface area contributed by atoms with Gasteiger partial charge >= 0.3 is 7.60 Å². The van der Waals surface area contributed by atoms with E-state index in [1.165, 1.54) is 0 Å². The lowest BCUT2D eigenvalue weighted by atomic mass is 9.98. The highest BCUT2D eigenvalue weighted by Gasteiger charge is 2.56. The van der Waals surface area contributed by atoms with Crippen LogP contribution < -0.4 is 4.90 Å². The van der Waals surface area contributed by atoms with Crippen molar-refractivity contribution < 1.29 is 14.4 Å². The lowest BCUT2D eigenvalue weighted by Gasteiger charge is -2.45. The van der Waals surface area contributed by atoms with E-state index in [1.54, 1.807) is 41.3 Å². The van der Waals surface area contributed by atoms with Gasteiger partial charge in [-0.2, -0.15) is 0 Å². The van der Waals surface area contributed by atoms with Gasteiger partial charge in [-0.05, 0) is 48.9 Å². The second-order valence-electron chi connectivity index (χ2n) is 7.25. The number of aryl methyl sites for hydroxylation is 1. The second-order valence-corrected chi connectivity index (χ2v) is 8.99. The smallest absolute Gasteiger partial charge is 0.322 e. The molecular weight excluding hydrogens is 407 g/mol. The molecule has 1 aromatic heterocycles. The van der Waals surface area contributed by atoms with Crippen molar-refractivity contribution in [2.75, 3.05) is 4.90 Å². The summed E-state index contributed by atoms with van der Waals surface area (Å²) in [7, 11) is -4.89. The van der Waals surface area contributed by atoms with E-state index in [9.17, 15) is 14.4 Å². The summed E-state index contributed by atoms with van der Waals surface area (Å²) in [5, 5.41) is -1.87. The summed E-state index contributed by atoms with van der Waals surface area (Å²) in [5.41, 5.74) is 2.69. The molecule has 0 aliphatic carbocycles. The van der Waals surface area contributed by atoms with Gasteiger partial charge in [-0.15, -0.1) is 0 Å². The number of nitrogens with zero attached hydrogens (tertiary/aromatic N) is 2. The highest BCUT2D eigenvalue weighted by atomic mass is 31.2. The highest BCUT2D eigenvalue weighted by Crippen LogP contribution is 2.64. The monoisotopic (exact) mass is 430 g/mol. The van der Waals surface area contributed by atoms with E-state index in [4.69, 9.17) is 0 Å². The third-order valence-corrected chi connectivity index (χ3v) is 6.73. The molecule has 1 heterocycles. The van der Waals surface area contributed by atoms with Crippen LogP contribution in [0.15, 0.2) is 109 Å². The van der Waals surface area contributed by atoms with Crippen LogP contribution in [0.4, 0.5) is 11.4 Å². The molecule has 31 heavy (non-hydrogen) atoms. The predicted octanol–water partition coefficient (Wildman–Crippen LogP) is 5.61. The summed E-state index contributed by atoms with van der Waals surface area (Å²) >= 11 is 0. The number of benzene rings is 3. The van der Waals surface area contributed by atoms with Gasteiger partial charge < -0.3 is 14.7 Å². The lowest BCUT2D eigenvalue weighted by Crippen LogP contribution is -2.45. The number of rotatable bonds is 6. The second kappa shape index (κ2) is 8.48. The number of pyridine rings is 1. The van der Waals surface area contributed by atoms with Gasteiger partial charge in [0.2, 0.25) is 5.28 Å². The third-order valence-electron chi connectivity index (χ3n) is 5.20. The van der Waals surface area contributed by atoms with E-state index >= 15 is 0 Å². The summed E-state index contributed by atoms with van der Waals surface area (Å²) in [4.78, 5) is 28.4. The molecule has 0 amide bonds. The molecule has 0 fully saturated rings. The van der Waals surface area contributed by atoms with E-state index in [0.29, 0.717) is 22.6 Å². The Labute approximate surface area is 181 Å². The van der Waals surface area contributed by atoms with Gasteiger partial charge in [0.05, 0.1) is 5.69 Å². The Morgan fingerprint density at radius 2 is 1.19 bits per heavy atom. The molecule has 1 atom stereocenters. The summed E-state index contributed by atoms with van der Waals surface area (Å²) < 4.78 is 13.6. The maximum absolute atomic E-state index is 13.6. The molecule has 0 saturated carbocycles. The fraction of sp³-hybridized carbons (Fsp3) is 0.0800. The molecular formula is C25H23N2O3P. The van der Waals surface area contributed by atoms with Crippen LogP contribution in [0.3, 0.4) is 0 Å². The van der Waals surface area contributed by atoms with E-state index in [1.807, 2.05) is 79.7 Å². The maximum Gasteiger partial charge on any atom is 0.362 e. The zero-order valence-corrected chi connectivity index (χ0v) is 17.9. The molecule has 4 aromatic rings. The summed E-state index contributed by atoms with van der Waals surface area (Å²) in [5.74, 6) is 0. The van der Waals surface area contributed by atoms with E-state index < -0.39 is 12.9 Å². The number of hydrogen-bond acceptors (Lipinski definition) is 3. The summed E-state index contributed by atoms with van der Waals surface area (Å²) in [6.45, 7) is 1.81. The minimum atomic E-state index is -4.89. The molecule has 2 N–H and O–H groups in total. The normalized spacial score (nSPS) is 13.4. The number of anilines is 2. The number of para-hydroxylation sites is 2. The highest BCUT2D eigenvalue weighted by molar-refractivity contribution is 7.53. The van der Waals surface area contributed by atoms with Crippen molar-refractivity contribution in [3.63, 3.8) is 0 Å². The molecule has 0 aliphatic rings. The molecule has 0 saturated heterocycles. The molecule has 6 heteroatoms. The first-order valence-electron chi connectivity index (χ1n) is 9.90. The van der Waals surface area contributed by atoms with Crippen LogP contribution in [0.2, 0.25) is 0 Å². The Morgan fingerprint density at radius 3 is 1.65 bits per heavy atom. The van der Waals surface area contributed by atoms with Crippen molar-refractivity contribution >= 4 is 19.0 Å². The van der Waals surface area contributed by atoms with Gasteiger partial charge in [0.15, 0.2) is 0 Å².